The van der Waals surface area contributed by atoms with Gasteiger partial charge in [0.2, 0.25) is 11.4 Å². The van der Waals surface area contributed by atoms with Gasteiger partial charge >= 0.3 is 0 Å². The number of aliphatic hydroxyl groups excluding tert-OH is 2. The molecule has 0 fully saturated rings. The van der Waals surface area contributed by atoms with E-state index in [1.165, 1.54) is 0 Å². The molecule has 0 aliphatic carbocycles. The van der Waals surface area contributed by atoms with Gasteiger partial charge in [-0.15, -0.1) is 0 Å². The highest BCUT2D eigenvalue weighted by molar-refractivity contribution is 9.10. The molecule has 1 aromatic heterocycles. The molecule has 5 nitrogen and oxygen atoms in total. The first-order chi connectivity index (χ1) is 18.3. The lowest BCUT2D eigenvalue weighted by Gasteiger charge is -2.17. The van der Waals surface area contributed by atoms with E-state index in [4.69, 9.17) is 4.74 Å². The van der Waals surface area contributed by atoms with Crippen LogP contribution in [0.1, 0.15) is 16.8 Å². The van der Waals surface area contributed by atoms with Crippen LogP contribution in [0.25, 0.3) is 34.5 Å². The van der Waals surface area contributed by atoms with Crippen LogP contribution in [-0.2, 0) is 13.7 Å². The Bertz CT molecular complexity index is 1420. The Kier molecular flexibility index (Phi) is 11.6. The van der Waals surface area contributed by atoms with Gasteiger partial charge in [-0.05, 0) is 92.8 Å². The molecule has 4 aromatic rings. The van der Waals surface area contributed by atoms with Gasteiger partial charge in [0.15, 0.2) is 0 Å². The molecule has 8 heteroatoms. The molecule has 39 heavy (non-hydrogen) atoms. The molecule has 0 amide bonds. The number of likely N-dealkylation sites (N-methyl/N-ethyl adjacent to an activating group) is 1. The zero-order chi connectivity index (χ0) is 27.2. The molecule has 0 saturated heterocycles. The van der Waals surface area contributed by atoms with Crippen molar-refractivity contribution in [3.8, 4) is 28.1 Å². The monoisotopic (exact) mass is 764 g/mol. The Labute approximate surface area is 264 Å². The predicted molar refractivity (Wildman–Crippen MR) is 162 cm³/mol. The van der Waals surface area contributed by atoms with E-state index in [0.717, 1.165) is 53.8 Å². The van der Waals surface area contributed by atoms with Crippen molar-refractivity contribution in [3.05, 3.63) is 98.6 Å². The Morgan fingerprint density at radius 2 is 1.54 bits per heavy atom. The van der Waals surface area contributed by atoms with Gasteiger partial charge in [0, 0.05) is 47.5 Å². The third-order valence-electron chi connectivity index (χ3n) is 6.54. The fraction of sp³-hybridized carbons (Fsp3) is 0.194. The van der Waals surface area contributed by atoms with Crippen LogP contribution in [0.15, 0.2) is 81.7 Å². The lowest BCUT2D eigenvalue weighted by molar-refractivity contribution is -0.662. The largest absolute Gasteiger partial charge is 1.00 e. The van der Waals surface area contributed by atoms with E-state index in [9.17, 15) is 10.2 Å². The average Bonchev–Trinajstić information content (AvgIpc) is 2.93. The van der Waals surface area contributed by atoms with Crippen LogP contribution in [0, 0.1) is 0 Å². The fourth-order valence-corrected chi connectivity index (χ4v) is 5.07. The summed E-state index contributed by atoms with van der Waals surface area (Å²) >= 11 is 7.08. The van der Waals surface area contributed by atoms with Crippen molar-refractivity contribution in [2.24, 2.45) is 7.05 Å². The predicted octanol–water partition coefficient (Wildman–Crippen LogP) is 3.47. The standard InChI is InChI=1S/C31H31Br2N2O3.HI/c1-34(14-15-36)27-11-4-21(5-12-27)6-13-28-17-24(23-16-25(20-37)31(33)30(19-23)38-3)18-29(35(28)2)22-7-9-26(32)10-8-22;/h4-13,16-19,36-37H,14-15,20H2,1-3H3;1H/q+1;/p-1. The first kappa shape index (κ1) is 31.3. The van der Waals surface area contributed by atoms with Crippen LogP contribution >= 0.6 is 31.9 Å². The summed E-state index contributed by atoms with van der Waals surface area (Å²) in [6.07, 6.45) is 4.21. The van der Waals surface area contributed by atoms with Gasteiger partial charge in [-0.3, -0.25) is 0 Å². The smallest absolute Gasteiger partial charge is 0.213 e. The maximum absolute atomic E-state index is 9.94. The number of aromatic nitrogens is 1. The van der Waals surface area contributed by atoms with Crippen LogP contribution in [-0.4, -0.2) is 37.5 Å². The van der Waals surface area contributed by atoms with E-state index in [1.54, 1.807) is 7.11 Å². The van der Waals surface area contributed by atoms with Gasteiger partial charge in [-0.1, -0.05) is 28.1 Å². The van der Waals surface area contributed by atoms with Gasteiger partial charge in [0.05, 0.1) is 24.8 Å². The normalized spacial score (nSPS) is 10.9. The first-order valence-corrected chi connectivity index (χ1v) is 13.8. The quantitative estimate of drug-likeness (QED) is 0.203. The lowest BCUT2D eigenvalue weighted by atomic mass is 9.99. The van der Waals surface area contributed by atoms with Crippen molar-refractivity contribution < 1.29 is 43.5 Å². The summed E-state index contributed by atoms with van der Waals surface area (Å²) in [5.41, 5.74) is 8.05. The number of hydrogen-bond acceptors (Lipinski definition) is 4. The topological polar surface area (TPSA) is 56.8 Å². The highest BCUT2D eigenvalue weighted by Gasteiger charge is 2.18. The van der Waals surface area contributed by atoms with Crippen molar-refractivity contribution in [1.29, 1.82) is 0 Å². The van der Waals surface area contributed by atoms with Gasteiger partial charge in [-0.2, -0.15) is 4.57 Å². The van der Waals surface area contributed by atoms with E-state index < -0.39 is 0 Å². The number of hydrogen-bond donors (Lipinski definition) is 2. The number of ether oxygens (including phenoxy) is 1. The average molecular weight is 766 g/mol. The van der Waals surface area contributed by atoms with E-state index >= 15 is 0 Å². The SMILES string of the molecule is COc1cc(-c2cc(/C=C/c3ccc(N(C)CCO)cc3)[n+](C)c(-c3ccc(Br)cc3)c2)cc(CO)c1Br.[I-]. The Morgan fingerprint density at radius 1 is 0.872 bits per heavy atom. The maximum atomic E-state index is 9.94. The molecule has 0 aliphatic heterocycles. The molecule has 2 N–H and O–H groups in total. The van der Waals surface area contributed by atoms with Crippen LogP contribution in [0.5, 0.6) is 5.75 Å². The summed E-state index contributed by atoms with van der Waals surface area (Å²) in [4.78, 5) is 2.02. The summed E-state index contributed by atoms with van der Waals surface area (Å²) < 4.78 is 9.54. The van der Waals surface area contributed by atoms with Gasteiger partial charge < -0.3 is 43.8 Å². The zero-order valence-corrected chi connectivity index (χ0v) is 27.4. The third-order valence-corrected chi connectivity index (χ3v) is 7.97. The van der Waals surface area contributed by atoms with Crippen molar-refractivity contribution >= 4 is 49.7 Å². The number of benzene rings is 3. The second-order valence-electron chi connectivity index (χ2n) is 9.00. The summed E-state index contributed by atoms with van der Waals surface area (Å²) in [6, 6.07) is 24.8. The Hall–Kier alpha value is -2.24. The number of rotatable bonds is 9. The summed E-state index contributed by atoms with van der Waals surface area (Å²) in [5.74, 6) is 0.674. The molecule has 3 aromatic carbocycles. The van der Waals surface area contributed by atoms with Crippen LogP contribution in [0.4, 0.5) is 5.69 Å². The minimum Gasteiger partial charge on any atom is -1.00 e. The number of pyridine rings is 1. The first-order valence-electron chi connectivity index (χ1n) is 12.2. The zero-order valence-electron chi connectivity index (χ0n) is 22.0. The molecule has 4 rings (SSSR count). The van der Waals surface area contributed by atoms with Gasteiger partial charge in [0.25, 0.3) is 0 Å². The van der Waals surface area contributed by atoms with Gasteiger partial charge in [0.1, 0.15) is 12.8 Å². The second kappa shape index (κ2) is 14.4. The molecule has 204 valence electrons. The lowest BCUT2D eigenvalue weighted by Crippen LogP contribution is -3.00. The molecule has 0 spiro atoms. The highest BCUT2D eigenvalue weighted by atomic mass is 127. The molecule has 0 aliphatic rings. The number of halogens is 3. The van der Waals surface area contributed by atoms with Crippen molar-refractivity contribution in [2.45, 2.75) is 6.61 Å². The molecule has 0 radical (unpaired) electrons. The van der Waals surface area contributed by atoms with Crippen molar-refractivity contribution in [1.82, 2.24) is 0 Å². The number of methoxy groups -OCH3 is 1. The fourth-order valence-electron chi connectivity index (χ4n) is 4.29. The van der Waals surface area contributed by atoms with E-state index in [1.807, 2.05) is 36.2 Å². The molecule has 0 unspecified atom stereocenters. The highest BCUT2D eigenvalue weighted by Crippen LogP contribution is 2.36. The molecule has 0 atom stereocenters. The molecular weight excluding hydrogens is 735 g/mol. The Balaban J connectivity index is 0.00000420. The van der Waals surface area contributed by atoms with Crippen LogP contribution < -0.4 is 38.2 Å². The van der Waals surface area contributed by atoms with Crippen LogP contribution in [0.3, 0.4) is 0 Å². The number of nitrogens with zero attached hydrogens (tertiary/aromatic N) is 2. The third kappa shape index (κ3) is 7.49. The minimum atomic E-state index is -0.0960. The van der Waals surface area contributed by atoms with E-state index in [2.05, 4.69) is 104 Å². The molecule has 0 saturated carbocycles. The van der Waals surface area contributed by atoms with E-state index in [0.29, 0.717) is 12.3 Å². The number of aliphatic hydroxyl groups is 2. The van der Waals surface area contributed by atoms with Crippen molar-refractivity contribution in [2.75, 3.05) is 32.2 Å². The number of anilines is 1. The molecule has 1 heterocycles. The van der Waals surface area contributed by atoms with Crippen LogP contribution in [0.2, 0.25) is 0 Å². The summed E-state index contributed by atoms with van der Waals surface area (Å²) in [5, 5.41) is 19.1. The van der Waals surface area contributed by atoms with Gasteiger partial charge in [-0.25, -0.2) is 0 Å². The second-order valence-corrected chi connectivity index (χ2v) is 10.7. The minimum absolute atomic E-state index is 0. The summed E-state index contributed by atoms with van der Waals surface area (Å²) in [7, 11) is 5.66. The van der Waals surface area contributed by atoms with Crippen molar-refractivity contribution in [3.63, 3.8) is 0 Å². The van der Waals surface area contributed by atoms with E-state index in [-0.39, 0.29) is 37.2 Å². The maximum Gasteiger partial charge on any atom is 0.213 e. The summed E-state index contributed by atoms with van der Waals surface area (Å²) in [6.45, 7) is 0.617. The molecular formula is C31H31Br2IN2O3. The molecule has 0 bridgehead atoms. The Morgan fingerprint density at radius 3 is 2.15 bits per heavy atom.